The Morgan fingerprint density at radius 3 is 2.53 bits per heavy atom. The highest BCUT2D eigenvalue weighted by Gasteiger charge is 2.15. The van der Waals surface area contributed by atoms with E-state index in [0.29, 0.717) is 5.92 Å². The van der Waals surface area contributed by atoms with E-state index in [2.05, 4.69) is 0 Å². The number of rotatable bonds is 4. The number of benzene rings is 1. The lowest BCUT2D eigenvalue weighted by atomic mass is 9.99. The largest absolute Gasteiger partial charge is 0.381 e. The van der Waals surface area contributed by atoms with E-state index in [1.807, 2.05) is 0 Å². The molecule has 1 aromatic carbocycles. The summed E-state index contributed by atoms with van der Waals surface area (Å²) in [5.74, 6) is 0.622. The second-order valence-electron chi connectivity index (χ2n) is 4.39. The Balaban J connectivity index is 1.94. The summed E-state index contributed by atoms with van der Waals surface area (Å²) in [6.07, 6.45) is 3.09. The molecule has 2 rings (SSSR count). The van der Waals surface area contributed by atoms with Crippen LogP contribution in [0.3, 0.4) is 0 Å². The molecule has 94 valence electrons. The average Bonchev–Trinajstić information content (AvgIpc) is 2.78. The minimum Gasteiger partial charge on any atom is -0.381 e. The van der Waals surface area contributed by atoms with Gasteiger partial charge in [-0.1, -0.05) is 12.1 Å². The van der Waals surface area contributed by atoms with Gasteiger partial charge < -0.3 is 4.74 Å². The summed E-state index contributed by atoms with van der Waals surface area (Å²) in [5.41, 5.74) is 1.09. The highest BCUT2D eigenvalue weighted by Crippen LogP contribution is 2.19. The first-order valence-electron chi connectivity index (χ1n) is 5.70. The lowest BCUT2D eigenvalue weighted by molar-refractivity contribution is 0.184. The van der Waals surface area contributed by atoms with Gasteiger partial charge in [0.2, 0.25) is 0 Å². The molecule has 0 bridgehead atoms. The van der Waals surface area contributed by atoms with Crippen LogP contribution in [0.5, 0.6) is 0 Å². The number of hydrogen-bond donors (Lipinski definition) is 1. The Kier molecular flexibility index (Phi) is 3.81. The molecule has 1 aliphatic heterocycles. The smallest absolute Gasteiger partial charge is 0.294 e. The summed E-state index contributed by atoms with van der Waals surface area (Å²) in [6.45, 7) is 1.69. The van der Waals surface area contributed by atoms with Crippen molar-refractivity contribution in [3.63, 3.8) is 0 Å². The Hall–Kier alpha value is -0.910. The van der Waals surface area contributed by atoms with Gasteiger partial charge in [0.05, 0.1) is 4.90 Å². The molecular formula is C12H16O4S. The first kappa shape index (κ1) is 12.5. The summed E-state index contributed by atoms with van der Waals surface area (Å²) in [5, 5.41) is 0. The second kappa shape index (κ2) is 5.16. The Morgan fingerprint density at radius 2 is 2.00 bits per heavy atom. The molecule has 1 fully saturated rings. The van der Waals surface area contributed by atoms with Crippen molar-refractivity contribution in [3.8, 4) is 0 Å². The third-order valence-corrected chi connectivity index (χ3v) is 3.95. The molecule has 0 spiro atoms. The molecule has 0 radical (unpaired) electrons. The van der Waals surface area contributed by atoms with Crippen LogP contribution < -0.4 is 0 Å². The Morgan fingerprint density at radius 1 is 1.29 bits per heavy atom. The van der Waals surface area contributed by atoms with E-state index < -0.39 is 10.1 Å². The van der Waals surface area contributed by atoms with Gasteiger partial charge in [-0.3, -0.25) is 4.55 Å². The number of aryl methyl sites for hydroxylation is 1. The van der Waals surface area contributed by atoms with Crippen LogP contribution in [0.4, 0.5) is 0 Å². The maximum absolute atomic E-state index is 10.9. The van der Waals surface area contributed by atoms with Crippen molar-refractivity contribution in [2.24, 2.45) is 5.92 Å². The van der Waals surface area contributed by atoms with Crippen LogP contribution in [0.1, 0.15) is 18.4 Å². The molecule has 1 N–H and O–H groups in total. The molecule has 1 saturated heterocycles. The zero-order valence-electron chi connectivity index (χ0n) is 9.50. The van der Waals surface area contributed by atoms with Crippen molar-refractivity contribution in [1.82, 2.24) is 0 Å². The van der Waals surface area contributed by atoms with E-state index in [9.17, 15) is 8.42 Å². The lowest BCUT2D eigenvalue weighted by Gasteiger charge is -2.07. The molecule has 0 saturated carbocycles. The molecule has 1 aliphatic rings. The van der Waals surface area contributed by atoms with Crippen molar-refractivity contribution >= 4 is 10.1 Å². The maximum atomic E-state index is 10.9. The first-order valence-corrected chi connectivity index (χ1v) is 7.14. The van der Waals surface area contributed by atoms with Crippen LogP contribution in [0.15, 0.2) is 29.2 Å². The Bertz CT molecular complexity index is 458. The number of hydrogen-bond acceptors (Lipinski definition) is 3. The Labute approximate surface area is 101 Å². The monoisotopic (exact) mass is 256 g/mol. The van der Waals surface area contributed by atoms with Gasteiger partial charge in [0.25, 0.3) is 10.1 Å². The fraction of sp³-hybridized carbons (Fsp3) is 0.500. The highest BCUT2D eigenvalue weighted by molar-refractivity contribution is 7.85. The van der Waals surface area contributed by atoms with Crippen LogP contribution in [-0.2, 0) is 21.3 Å². The molecule has 0 amide bonds. The minimum atomic E-state index is -4.07. The molecule has 17 heavy (non-hydrogen) atoms. The van der Waals surface area contributed by atoms with Gasteiger partial charge in [0.1, 0.15) is 0 Å². The van der Waals surface area contributed by atoms with Gasteiger partial charge >= 0.3 is 0 Å². The first-order chi connectivity index (χ1) is 8.05. The summed E-state index contributed by atoms with van der Waals surface area (Å²) >= 11 is 0. The molecule has 1 heterocycles. The van der Waals surface area contributed by atoms with E-state index >= 15 is 0 Å². The third-order valence-electron chi connectivity index (χ3n) is 3.09. The standard InChI is InChI=1S/C12H16O4S/c13-17(14,15)12-5-3-10(4-6-12)1-2-11-7-8-16-9-11/h3-6,11H,1-2,7-9H2,(H,13,14,15). The molecule has 1 unspecified atom stereocenters. The van der Waals surface area contributed by atoms with Crippen LogP contribution in [0.25, 0.3) is 0 Å². The van der Waals surface area contributed by atoms with Crippen LogP contribution in [-0.4, -0.2) is 26.2 Å². The SMILES string of the molecule is O=S(=O)(O)c1ccc(CCC2CCOC2)cc1. The summed E-state index contributed by atoms with van der Waals surface area (Å²) in [4.78, 5) is -0.0505. The van der Waals surface area contributed by atoms with Crippen molar-refractivity contribution in [2.75, 3.05) is 13.2 Å². The van der Waals surface area contributed by atoms with E-state index in [1.165, 1.54) is 12.1 Å². The third kappa shape index (κ3) is 3.52. The van der Waals surface area contributed by atoms with Gasteiger partial charge in [0, 0.05) is 13.2 Å². The maximum Gasteiger partial charge on any atom is 0.294 e. The molecule has 1 atom stereocenters. The second-order valence-corrected chi connectivity index (χ2v) is 5.81. The molecule has 0 aliphatic carbocycles. The van der Waals surface area contributed by atoms with Gasteiger partial charge in [-0.2, -0.15) is 8.42 Å². The summed E-state index contributed by atoms with van der Waals surface area (Å²) in [6, 6.07) is 6.38. The van der Waals surface area contributed by atoms with Crippen molar-refractivity contribution in [1.29, 1.82) is 0 Å². The van der Waals surface area contributed by atoms with E-state index in [4.69, 9.17) is 9.29 Å². The fourth-order valence-electron chi connectivity index (χ4n) is 2.01. The lowest BCUT2D eigenvalue weighted by Crippen LogP contribution is -2.02. The topological polar surface area (TPSA) is 63.6 Å². The van der Waals surface area contributed by atoms with Gasteiger partial charge in [-0.05, 0) is 42.9 Å². The quantitative estimate of drug-likeness (QED) is 0.836. The predicted octanol–water partition coefficient (Wildman–Crippen LogP) is 1.90. The average molecular weight is 256 g/mol. The van der Waals surface area contributed by atoms with Gasteiger partial charge in [-0.25, -0.2) is 0 Å². The van der Waals surface area contributed by atoms with E-state index in [0.717, 1.165) is 38.0 Å². The normalized spacial score (nSPS) is 20.6. The van der Waals surface area contributed by atoms with Crippen molar-refractivity contribution < 1.29 is 17.7 Å². The molecule has 1 aromatic rings. The van der Waals surface area contributed by atoms with Gasteiger partial charge in [-0.15, -0.1) is 0 Å². The highest BCUT2D eigenvalue weighted by atomic mass is 32.2. The molecule has 4 nitrogen and oxygen atoms in total. The fourth-order valence-corrected chi connectivity index (χ4v) is 2.49. The van der Waals surface area contributed by atoms with Crippen molar-refractivity contribution in [2.45, 2.75) is 24.2 Å². The van der Waals surface area contributed by atoms with Crippen LogP contribution in [0, 0.1) is 5.92 Å². The predicted molar refractivity (Wildman–Crippen MR) is 63.5 cm³/mol. The van der Waals surface area contributed by atoms with E-state index in [-0.39, 0.29) is 4.90 Å². The molecular weight excluding hydrogens is 240 g/mol. The number of ether oxygens (including phenoxy) is 1. The minimum absolute atomic E-state index is 0.0505. The van der Waals surface area contributed by atoms with Crippen LogP contribution in [0.2, 0.25) is 0 Å². The molecule has 5 heteroatoms. The van der Waals surface area contributed by atoms with Crippen LogP contribution >= 0.6 is 0 Å². The zero-order chi connectivity index (χ0) is 12.3. The van der Waals surface area contributed by atoms with Gasteiger partial charge in [0.15, 0.2) is 0 Å². The molecule has 0 aromatic heterocycles. The van der Waals surface area contributed by atoms with E-state index in [1.54, 1.807) is 12.1 Å². The summed E-state index contributed by atoms with van der Waals surface area (Å²) < 4.78 is 35.8. The summed E-state index contributed by atoms with van der Waals surface area (Å²) in [7, 11) is -4.07. The zero-order valence-corrected chi connectivity index (χ0v) is 10.3. The van der Waals surface area contributed by atoms with Crippen molar-refractivity contribution in [3.05, 3.63) is 29.8 Å².